The second-order valence-corrected chi connectivity index (χ2v) is 5.24. The van der Waals surface area contributed by atoms with Crippen LogP contribution in [-0.4, -0.2) is 13.0 Å². The van der Waals surface area contributed by atoms with Gasteiger partial charge in [-0.15, -0.1) is 0 Å². The first-order chi connectivity index (χ1) is 11.2. The molecule has 0 radical (unpaired) electrons. The van der Waals surface area contributed by atoms with Crippen molar-refractivity contribution in [2.45, 2.75) is 0 Å². The Morgan fingerprint density at radius 1 is 1.09 bits per heavy atom. The predicted octanol–water partition coefficient (Wildman–Crippen LogP) is 4.86. The fraction of sp³-hybridized carbons (Fsp3) is 0.0556. The van der Waals surface area contributed by atoms with Gasteiger partial charge in [-0.3, -0.25) is 4.79 Å². The normalized spacial score (nSPS) is 10.3. The van der Waals surface area contributed by atoms with E-state index in [1.807, 2.05) is 18.2 Å². The van der Waals surface area contributed by atoms with E-state index in [2.05, 4.69) is 5.32 Å². The first kappa shape index (κ1) is 15.2. The first-order valence-electron chi connectivity index (χ1n) is 6.97. The van der Waals surface area contributed by atoms with Gasteiger partial charge in [0.1, 0.15) is 11.5 Å². The molecule has 3 aromatic rings. The molecule has 5 heteroatoms. The molecule has 0 saturated heterocycles. The van der Waals surface area contributed by atoms with Crippen LogP contribution in [0.3, 0.4) is 0 Å². The fourth-order valence-corrected chi connectivity index (χ4v) is 2.39. The van der Waals surface area contributed by atoms with Crippen LogP contribution in [0.1, 0.15) is 10.6 Å². The molecule has 0 fully saturated rings. The van der Waals surface area contributed by atoms with Crippen molar-refractivity contribution in [3.05, 3.63) is 71.4 Å². The van der Waals surface area contributed by atoms with Crippen molar-refractivity contribution in [1.82, 2.24) is 0 Å². The van der Waals surface area contributed by atoms with E-state index in [1.54, 1.807) is 49.6 Å². The van der Waals surface area contributed by atoms with Gasteiger partial charge in [-0.05, 0) is 36.4 Å². The molecule has 116 valence electrons. The Hall–Kier alpha value is -2.72. The number of hydrogen-bond donors (Lipinski definition) is 1. The van der Waals surface area contributed by atoms with E-state index in [-0.39, 0.29) is 11.7 Å². The van der Waals surface area contributed by atoms with Crippen molar-refractivity contribution in [3.8, 4) is 17.1 Å². The molecule has 2 aromatic carbocycles. The van der Waals surface area contributed by atoms with Gasteiger partial charge in [-0.2, -0.15) is 0 Å². The maximum absolute atomic E-state index is 12.3. The molecule has 0 unspecified atom stereocenters. The van der Waals surface area contributed by atoms with E-state index in [0.29, 0.717) is 22.2 Å². The average molecular weight is 328 g/mol. The number of benzene rings is 2. The Balaban J connectivity index is 1.80. The molecule has 0 spiro atoms. The number of furan rings is 1. The minimum Gasteiger partial charge on any atom is -0.497 e. The molecule has 0 aliphatic rings. The van der Waals surface area contributed by atoms with Gasteiger partial charge in [-0.25, -0.2) is 0 Å². The molecule has 0 saturated carbocycles. The van der Waals surface area contributed by atoms with Crippen molar-refractivity contribution < 1.29 is 13.9 Å². The minimum absolute atomic E-state index is 0.211. The van der Waals surface area contributed by atoms with Crippen LogP contribution in [0.15, 0.2) is 65.1 Å². The van der Waals surface area contributed by atoms with Gasteiger partial charge in [0, 0.05) is 17.3 Å². The van der Waals surface area contributed by atoms with E-state index in [9.17, 15) is 4.79 Å². The van der Waals surface area contributed by atoms with Crippen LogP contribution in [0.2, 0.25) is 5.02 Å². The van der Waals surface area contributed by atoms with E-state index in [4.69, 9.17) is 20.8 Å². The van der Waals surface area contributed by atoms with E-state index < -0.39 is 0 Å². The molecule has 0 bridgehead atoms. The average Bonchev–Trinajstić information content (AvgIpc) is 3.05. The highest BCUT2D eigenvalue weighted by Gasteiger charge is 2.14. The number of ether oxygens (including phenoxy) is 1. The summed E-state index contributed by atoms with van der Waals surface area (Å²) in [4.78, 5) is 12.3. The van der Waals surface area contributed by atoms with E-state index in [1.165, 1.54) is 0 Å². The van der Waals surface area contributed by atoms with E-state index >= 15 is 0 Å². The van der Waals surface area contributed by atoms with Crippen molar-refractivity contribution in [2.75, 3.05) is 12.4 Å². The molecule has 23 heavy (non-hydrogen) atoms. The number of nitrogens with one attached hydrogen (secondary N) is 1. The summed E-state index contributed by atoms with van der Waals surface area (Å²) < 4.78 is 10.7. The van der Waals surface area contributed by atoms with Gasteiger partial charge in [0.05, 0.1) is 12.1 Å². The van der Waals surface area contributed by atoms with Crippen LogP contribution in [0.4, 0.5) is 5.69 Å². The zero-order valence-electron chi connectivity index (χ0n) is 12.4. The largest absolute Gasteiger partial charge is 0.497 e. The monoisotopic (exact) mass is 327 g/mol. The molecule has 3 rings (SSSR count). The van der Waals surface area contributed by atoms with Gasteiger partial charge in [-0.1, -0.05) is 29.8 Å². The number of halogens is 1. The Morgan fingerprint density at radius 2 is 1.91 bits per heavy atom. The maximum atomic E-state index is 12.3. The third-order valence-electron chi connectivity index (χ3n) is 3.30. The third-order valence-corrected chi connectivity index (χ3v) is 3.63. The lowest BCUT2D eigenvalue weighted by Crippen LogP contribution is -2.10. The molecule has 1 N–H and O–H groups in total. The molecule has 1 aromatic heterocycles. The van der Waals surface area contributed by atoms with Crippen molar-refractivity contribution >= 4 is 23.2 Å². The van der Waals surface area contributed by atoms with Gasteiger partial charge >= 0.3 is 0 Å². The lowest BCUT2D eigenvalue weighted by molar-refractivity contribution is 0.0997. The van der Waals surface area contributed by atoms with Crippen LogP contribution < -0.4 is 10.1 Å². The molecule has 1 heterocycles. The van der Waals surface area contributed by atoms with Crippen LogP contribution in [0.25, 0.3) is 11.3 Å². The zero-order valence-corrected chi connectivity index (χ0v) is 13.1. The van der Waals surface area contributed by atoms with Crippen molar-refractivity contribution in [1.29, 1.82) is 0 Å². The molecular weight excluding hydrogens is 314 g/mol. The van der Waals surface area contributed by atoms with Crippen molar-refractivity contribution in [2.24, 2.45) is 0 Å². The van der Waals surface area contributed by atoms with Gasteiger partial charge in [0.2, 0.25) is 0 Å². The van der Waals surface area contributed by atoms with Gasteiger partial charge in [0.15, 0.2) is 5.76 Å². The molecule has 0 aliphatic heterocycles. The number of rotatable bonds is 4. The maximum Gasteiger partial charge on any atom is 0.291 e. The summed E-state index contributed by atoms with van der Waals surface area (Å²) >= 11 is 6.14. The van der Waals surface area contributed by atoms with Crippen LogP contribution in [0.5, 0.6) is 5.75 Å². The fourth-order valence-electron chi connectivity index (χ4n) is 2.16. The topological polar surface area (TPSA) is 51.5 Å². The summed E-state index contributed by atoms with van der Waals surface area (Å²) in [5, 5.41) is 3.34. The second kappa shape index (κ2) is 6.58. The zero-order chi connectivity index (χ0) is 16.2. The minimum atomic E-state index is -0.337. The molecular formula is C18H14ClNO3. The quantitative estimate of drug-likeness (QED) is 0.744. The standard InChI is InChI=1S/C18H14ClNO3/c1-22-13-6-4-5-12(11-13)20-18(21)17-10-9-16(23-17)14-7-2-3-8-15(14)19/h2-11H,1H3,(H,20,21). The summed E-state index contributed by atoms with van der Waals surface area (Å²) in [5.41, 5.74) is 1.37. The number of amides is 1. The highest BCUT2D eigenvalue weighted by Crippen LogP contribution is 2.29. The van der Waals surface area contributed by atoms with Crippen LogP contribution in [0, 0.1) is 0 Å². The first-order valence-corrected chi connectivity index (χ1v) is 7.35. The molecule has 4 nitrogen and oxygen atoms in total. The van der Waals surface area contributed by atoms with Crippen LogP contribution in [-0.2, 0) is 0 Å². The highest BCUT2D eigenvalue weighted by atomic mass is 35.5. The number of carbonyl (C=O) groups excluding carboxylic acids is 1. The Bertz CT molecular complexity index is 842. The Kier molecular flexibility index (Phi) is 4.35. The SMILES string of the molecule is COc1cccc(NC(=O)c2ccc(-c3ccccc3Cl)o2)c1. The Morgan fingerprint density at radius 3 is 2.70 bits per heavy atom. The molecule has 0 atom stereocenters. The predicted molar refractivity (Wildman–Crippen MR) is 90.1 cm³/mol. The van der Waals surface area contributed by atoms with Gasteiger partial charge in [0.25, 0.3) is 5.91 Å². The summed E-state index contributed by atoms with van der Waals surface area (Å²) in [5.74, 6) is 1.09. The summed E-state index contributed by atoms with van der Waals surface area (Å²) in [6.07, 6.45) is 0. The lowest BCUT2D eigenvalue weighted by Gasteiger charge is -2.05. The number of hydrogen-bond acceptors (Lipinski definition) is 3. The highest BCUT2D eigenvalue weighted by molar-refractivity contribution is 6.33. The summed E-state index contributed by atoms with van der Waals surface area (Å²) in [7, 11) is 1.57. The van der Waals surface area contributed by atoms with Crippen molar-refractivity contribution in [3.63, 3.8) is 0 Å². The molecule has 1 amide bonds. The third kappa shape index (κ3) is 3.38. The number of carbonyl (C=O) groups is 1. The summed E-state index contributed by atoms with van der Waals surface area (Å²) in [6, 6.07) is 17.8. The number of anilines is 1. The smallest absolute Gasteiger partial charge is 0.291 e. The lowest BCUT2D eigenvalue weighted by atomic mass is 10.2. The Labute approximate surface area is 138 Å². The van der Waals surface area contributed by atoms with Crippen LogP contribution >= 0.6 is 11.6 Å². The summed E-state index contributed by atoms with van der Waals surface area (Å²) in [6.45, 7) is 0. The van der Waals surface area contributed by atoms with E-state index in [0.717, 1.165) is 5.56 Å². The number of methoxy groups -OCH3 is 1. The molecule has 0 aliphatic carbocycles. The van der Waals surface area contributed by atoms with Gasteiger partial charge < -0.3 is 14.5 Å². The second-order valence-electron chi connectivity index (χ2n) is 4.83.